The van der Waals surface area contributed by atoms with Crippen LogP contribution in [0.5, 0.6) is 0 Å². The number of nitrogens with zero attached hydrogens (tertiary/aromatic N) is 1. The summed E-state index contributed by atoms with van der Waals surface area (Å²) in [6, 6.07) is 2.16. The summed E-state index contributed by atoms with van der Waals surface area (Å²) >= 11 is 5.05. The van der Waals surface area contributed by atoms with Gasteiger partial charge in [0.25, 0.3) is 0 Å². The van der Waals surface area contributed by atoms with Crippen LogP contribution in [0, 0.1) is 17.8 Å². The number of hydrogen-bond acceptors (Lipinski definition) is 5. The molecule has 2 bridgehead atoms. The number of fused-ring (bicyclic) bond motifs is 2. The van der Waals surface area contributed by atoms with Crippen molar-refractivity contribution in [1.29, 1.82) is 0 Å². The molecule has 0 N–H and O–H groups in total. The molecule has 2 unspecified atom stereocenters. The zero-order valence-corrected chi connectivity index (χ0v) is 15.6. The van der Waals surface area contributed by atoms with Gasteiger partial charge in [0, 0.05) is 31.1 Å². The third-order valence-electron chi connectivity index (χ3n) is 5.36. The number of ether oxygens (including phenoxy) is 1. The first-order chi connectivity index (χ1) is 12.7. The third kappa shape index (κ3) is 3.94. The average Bonchev–Trinajstić information content (AvgIpc) is 3.07. The topological polar surface area (TPSA) is 73.3 Å². The Hall–Kier alpha value is -1.73. The Labute approximate surface area is 160 Å². The minimum absolute atomic E-state index is 0.0313. The average molecular weight is 400 g/mol. The van der Waals surface area contributed by atoms with Gasteiger partial charge in [0.1, 0.15) is 11.6 Å². The molecule has 146 valence electrons. The van der Waals surface area contributed by atoms with E-state index in [0.29, 0.717) is 32.3 Å². The largest absolute Gasteiger partial charge is 0.385 e. The number of methoxy groups -OCH3 is 1. The van der Waals surface area contributed by atoms with Gasteiger partial charge in [-0.1, -0.05) is 0 Å². The summed E-state index contributed by atoms with van der Waals surface area (Å²) in [7, 11) is 1.50. The number of halogens is 3. The Morgan fingerprint density at radius 3 is 2.44 bits per heavy atom. The lowest BCUT2D eigenvalue weighted by Crippen LogP contribution is -2.41. The SMILES string of the molecule is COCCCc1nc(C(F)(F)Cl)ccc1C(=O)C1C(=O)C2CC[C@H](C2)C1=O. The molecule has 5 nitrogen and oxygen atoms in total. The van der Waals surface area contributed by atoms with Crippen LogP contribution in [0.2, 0.25) is 0 Å². The van der Waals surface area contributed by atoms with E-state index in [9.17, 15) is 23.2 Å². The lowest BCUT2D eigenvalue weighted by molar-refractivity contribution is -0.137. The molecule has 0 spiro atoms. The number of pyridine rings is 1. The molecule has 0 saturated heterocycles. The van der Waals surface area contributed by atoms with Crippen LogP contribution in [-0.2, 0) is 26.1 Å². The van der Waals surface area contributed by atoms with Crippen molar-refractivity contribution in [2.75, 3.05) is 13.7 Å². The first-order valence-electron chi connectivity index (χ1n) is 8.91. The van der Waals surface area contributed by atoms with Gasteiger partial charge in [-0.15, -0.1) is 0 Å². The quantitative estimate of drug-likeness (QED) is 0.304. The van der Waals surface area contributed by atoms with Crippen LogP contribution in [0.4, 0.5) is 8.78 Å². The number of Topliss-reactive ketones (excluding diaryl/α,β-unsaturated/α-hetero) is 3. The zero-order chi connectivity index (χ0) is 19.8. The molecule has 3 atom stereocenters. The lowest BCUT2D eigenvalue weighted by atomic mass is 9.75. The smallest absolute Gasteiger partial charge is 0.364 e. The molecule has 0 aliphatic heterocycles. The highest BCUT2D eigenvalue weighted by Crippen LogP contribution is 2.41. The molecule has 2 aliphatic rings. The maximum Gasteiger partial charge on any atom is 0.364 e. The molecule has 2 fully saturated rings. The fourth-order valence-corrected chi connectivity index (χ4v) is 4.09. The van der Waals surface area contributed by atoms with Crippen molar-refractivity contribution < 1.29 is 27.9 Å². The van der Waals surface area contributed by atoms with E-state index in [0.717, 1.165) is 6.07 Å². The van der Waals surface area contributed by atoms with E-state index in [1.165, 1.54) is 13.2 Å². The minimum atomic E-state index is -3.67. The number of carbonyl (C=O) groups excluding carboxylic acids is 3. The third-order valence-corrected chi connectivity index (χ3v) is 5.55. The highest BCUT2D eigenvalue weighted by Gasteiger charge is 2.50. The van der Waals surface area contributed by atoms with Crippen molar-refractivity contribution in [1.82, 2.24) is 4.98 Å². The second-order valence-corrected chi connectivity index (χ2v) is 7.57. The first-order valence-corrected chi connectivity index (χ1v) is 9.29. The molecule has 8 heteroatoms. The summed E-state index contributed by atoms with van der Waals surface area (Å²) in [5.74, 6) is -3.23. The van der Waals surface area contributed by atoms with Gasteiger partial charge in [0.15, 0.2) is 17.3 Å². The minimum Gasteiger partial charge on any atom is -0.385 e. The summed E-state index contributed by atoms with van der Waals surface area (Å²) in [6.07, 6.45) is 2.39. The Morgan fingerprint density at radius 1 is 1.26 bits per heavy atom. The fourth-order valence-electron chi connectivity index (χ4n) is 3.98. The molecule has 1 aromatic rings. The number of ketones is 3. The van der Waals surface area contributed by atoms with Gasteiger partial charge < -0.3 is 4.74 Å². The van der Waals surface area contributed by atoms with E-state index in [2.05, 4.69) is 4.98 Å². The molecular formula is C19H20ClF2NO4. The van der Waals surface area contributed by atoms with Crippen LogP contribution in [0.1, 0.15) is 47.4 Å². The van der Waals surface area contributed by atoms with E-state index >= 15 is 0 Å². The van der Waals surface area contributed by atoms with Gasteiger partial charge >= 0.3 is 5.38 Å². The highest BCUT2D eigenvalue weighted by atomic mass is 35.5. The van der Waals surface area contributed by atoms with Crippen molar-refractivity contribution in [2.24, 2.45) is 17.8 Å². The van der Waals surface area contributed by atoms with Gasteiger partial charge in [-0.25, -0.2) is 4.98 Å². The van der Waals surface area contributed by atoms with Gasteiger partial charge in [0.2, 0.25) is 0 Å². The fraction of sp³-hybridized carbons (Fsp3) is 0.579. The molecule has 3 rings (SSSR count). The van der Waals surface area contributed by atoms with E-state index in [1.807, 2.05) is 0 Å². The number of aromatic nitrogens is 1. The van der Waals surface area contributed by atoms with E-state index in [4.69, 9.17) is 16.3 Å². The summed E-state index contributed by atoms with van der Waals surface area (Å²) < 4.78 is 31.8. The molecule has 2 saturated carbocycles. The second kappa shape index (κ2) is 7.72. The highest BCUT2D eigenvalue weighted by molar-refractivity contribution is 6.26. The molecule has 0 radical (unpaired) electrons. The number of alkyl halides is 3. The number of aryl methyl sites for hydroxylation is 1. The first kappa shape index (κ1) is 20.0. The van der Waals surface area contributed by atoms with Crippen molar-refractivity contribution in [3.05, 3.63) is 29.1 Å². The molecule has 0 aromatic carbocycles. The molecule has 1 aromatic heterocycles. The summed E-state index contributed by atoms with van der Waals surface area (Å²) in [6.45, 7) is 0.349. The van der Waals surface area contributed by atoms with Crippen molar-refractivity contribution in [2.45, 2.75) is 37.5 Å². The van der Waals surface area contributed by atoms with E-state index in [1.54, 1.807) is 0 Å². The van der Waals surface area contributed by atoms with Crippen molar-refractivity contribution >= 4 is 29.0 Å². The number of rotatable bonds is 7. The summed E-state index contributed by atoms with van der Waals surface area (Å²) in [5.41, 5.74) is -0.535. The number of carbonyl (C=O) groups is 3. The molecule has 2 aliphatic carbocycles. The molecular weight excluding hydrogens is 380 g/mol. The van der Waals surface area contributed by atoms with E-state index < -0.39 is 22.8 Å². The van der Waals surface area contributed by atoms with Gasteiger partial charge in [0.05, 0.1) is 5.69 Å². The maximum absolute atomic E-state index is 13.4. The Balaban J connectivity index is 1.95. The van der Waals surface area contributed by atoms with Crippen LogP contribution in [0.15, 0.2) is 12.1 Å². The molecule has 1 heterocycles. The summed E-state index contributed by atoms with van der Waals surface area (Å²) in [4.78, 5) is 42.0. The predicted octanol–water partition coefficient (Wildman–Crippen LogP) is 3.32. The standard InChI is InChI=1S/C19H20ClF2NO4/c1-27-8-2-3-13-12(6-7-14(23-13)19(20,21)22)18(26)15-16(24)10-4-5-11(9-10)17(15)25/h6-7,10-11,15H,2-5,8-9H2,1H3/t10-,11?,15?/m1/s1. The summed E-state index contributed by atoms with van der Waals surface area (Å²) in [5, 5.41) is -3.67. The lowest BCUT2D eigenvalue weighted by Gasteiger charge is -2.25. The normalized spacial score (nSPS) is 25.1. The maximum atomic E-state index is 13.4. The Kier molecular flexibility index (Phi) is 5.72. The van der Waals surface area contributed by atoms with Crippen LogP contribution in [0.25, 0.3) is 0 Å². The number of hydrogen-bond donors (Lipinski definition) is 0. The molecule has 0 amide bonds. The van der Waals surface area contributed by atoms with E-state index in [-0.39, 0.29) is 41.1 Å². The van der Waals surface area contributed by atoms with Crippen molar-refractivity contribution in [3.63, 3.8) is 0 Å². The van der Waals surface area contributed by atoms with Crippen LogP contribution in [0.3, 0.4) is 0 Å². The molecule has 27 heavy (non-hydrogen) atoms. The Bertz CT molecular complexity index is 755. The monoisotopic (exact) mass is 399 g/mol. The Morgan fingerprint density at radius 2 is 1.89 bits per heavy atom. The van der Waals surface area contributed by atoms with Crippen LogP contribution >= 0.6 is 11.6 Å². The van der Waals surface area contributed by atoms with Crippen LogP contribution in [-0.4, -0.2) is 36.1 Å². The second-order valence-electron chi connectivity index (χ2n) is 7.09. The zero-order valence-electron chi connectivity index (χ0n) is 14.8. The van der Waals surface area contributed by atoms with Gasteiger partial charge in [-0.05, 0) is 55.8 Å². The van der Waals surface area contributed by atoms with Gasteiger partial charge in [-0.2, -0.15) is 8.78 Å². The van der Waals surface area contributed by atoms with Gasteiger partial charge in [-0.3, -0.25) is 14.4 Å². The van der Waals surface area contributed by atoms with Crippen LogP contribution < -0.4 is 0 Å². The van der Waals surface area contributed by atoms with Crippen molar-refractivity contribution in [3.8, 4) is 0 Å². The predicted molar refractivity (Wildman–Crippen MR) is 92.8 cm³/mol.